The third-order valence-electron chi connectivity index (χ3n) is 9.19. The number of rotatable bonds is 10. The summed E-state index contributed by atoms with van der Waals surface area (Å²) in [6.07, 6.45) is 6.56. The molecule has 0 atom stereocenters. The highest BCUT2D eigenvalue weighted by Gasteiger charge is 2.28. The molecule has 14 heteroatoms. The summed E-state index contributed by atoms with van der Waals surface area (Å²) < 4.78 is 20.6. The fraction of sp³-hybridized carbons (Fsp3) is 0.441. The maximum absolute atomic E-state index is 13.4. The first kappa shape index (κ1) is 35.1. The van der Waals surface area contributed by atoms with E-state index in [-0.39, 0.29) is 0 Å². The van der Waals surface area contributed by atoms with E-state index in [0.29, 0.717) is 37.6 Å². The predicted molar refractivity (Wildman–Crippen MR) is 205 cm³/mol. The standard InChI is InChI=1S/C34H43BrClN8O2PS/c1-6-22-17-27(29(46-3)19-28(22)44-11-9-24(10-12-44)43-15-13-42(2)14-16-43)40-34-38-20-25(35)32(41-34)39-26-8-7-23(18-30(26)47(4,5)45)33-37-21-31(36)48-33/h7-8,17-21,24H,6,9-16H2,1-5H3,(H2,38,39,40,41). The molecule has 4 heterocycles. The lowest BCUT2D eigenvalue weighted by atomic mass is 9.99. The van der Waals surface area contributed by atoms with Crippen LogP contribution in [0.4, 0.5) is 28.8 Å². The Bertz CT molecular complexity index is 1800. The first-order chi connectivity index (χ1) is 23.0. The van der Waals surface area contributed by atoms with Gasteiger partial charge in [-0.05, 0) is 85.4 Å². The molecule has 2 aromatic heterocycles. The summed E-state index contributed by atoms with van der Waals surface area (Å²) in [7, 11) is 1.23. The fourth-order valence-corrected chi connectivity index (χ4v) is 8.84. The third kappa shape index (κ3) is 8.01. The topological polar surface area (TPSA) is 98.7 Å². The van der Waals surface area contributed by atoms with E-state index in [1.165, 1.54) is 48.5 Å². The predicted octanol–water partition coefficient (Wildman–Crippen LogP) is 7.54. The van der Waals surface area contributed by atoms with E-state index >= 15 is 0 Å². The number of nitrogens with zero attached hydrogens (tertiary/aromatic N) is 6. The van der Waals surface area contributed by atoms with Gasteiger partial charge in [0.15, 0.2) is 0 Å². The molecule has 0 aliphatic carbocycles. The monoisotopic (exact) mass is 772 g/mol. The summed E-state index contributed by atoms with van der Waals surface area (Å²) in [6.45, 7) is 12.4. The number of methoxy groups -OCH3 is 1. The Morgan fingerprint density at radius 3 is 2.42 bits per heavy atom. The van der Waals surface area contributed by atoms with Crippen LogP contribution in [0.2, 0.25) is 4.34 Å². The first-order valence-corrected chi connectivity index (χ1v) is 20.9. The number of thiazole rings is 1. The molecule has 2 fully saturated rings. The van der Waals surface area contributed by atoms with Crippen molar-refractivity contribution in [3.05, 3.63) is 57.1 Å². The highest BCUT2D eigenvalue weighted by atomic mass is 79.9. The zero-order valence-electron chi connectivity index (χ0n) is 28.1. The van der Waals surface area contributed by atoms with Crippen molar-refractivity contribution >= 4 is 80.1 Å². The number of hydrogen-bond acceptors (Lipinski definition) is 11. The molecule has 6 rings (SSSR count). The van der Waals surface area contributed by atoms with Gasteiger partial charge in [0.25, 0.3) is 0 Å². The Kier molecular flexibility index (Phi) is 11.0. The van der Waals surface area contributed by atoms with Gasteiger partial charge in [-0.2, -0.15) is 4.98 Å². The van der Waals surface area contributed by atoms with Crippen LogP contribution in [0.1, 0.15) is 25.3 Å². The number of nitrogens with one attached hydrogen (secondary N) is 2. The van der Waals surface area contributed by atoms with Crippen LogP contribution in [0.25, 0.3) is 10.6 Å². The van der Waals surface area contributed by atoms with Crippen molar-refractivity contribution in [2.24, 2.45) is 0 Å². The molecule has 2 aliphatic rings. The molecule has 2 N–H and O–H groups in total. The van der Waals surface area contributed by atoms with Crippen LogP contribution in [0.5, 0.6) is 5.75 Å². The molecule has 0 amide bonds. The number of aromatic nitrogens is 3. The summed E-state index contributed by atoms with van der Waals surface area (Å²) in [5.74, 6) is 1.69. The molecule has 2 aromatic carbocycles. The van der Waals surface area contributed by atoms with Crippen LogP contribution in [0.15, 0.2) is 47.2 Å². The minimum atomic E-state index is -2.68. The molecule has 10 nitrogen and oxygen atoms in total. The van der Waals surface area contributed by atoms with E-state index in [4.69, 9.17) is 21.3 Å². The van der Waals surface area contributed by atoms with Crippen molar-refractivity contribution in [1.29, 1.82) is 0 Å². The van der Waals surface area contributed by atoms with Crippen LogP contribution in [0.3, 0.4) is 0 Å². The van der Waals surface area contributed by atoms with E-state index in [2.05, 4.69) is 77.3 Å². The molecular weight excluding hydrogens is 731 g/mol. The maximum Gasteiger partial charge on any atom is 0.229 e. The van der Waals surface area contributed by atoms with E-state index in [0.717, 1.165) is 54.6 Å². The lowest BCUT2D eigenvalue weighted by Gasteiger charge is -2.43. The maximum atomic E-state index is 13.4. The van der Waals surface area contributed by atoms with Gasteiger partial charge in [-0.15, -0.1) is 11.3 Å². The average molecular weight is 774 g/mol. The van der Waals surface area contributed by atoms with Crippen LogP contribution < -0.4 is 25.6 Å². The Hall–Kier alpha value is -2.73. The quantitative estimate of drug-likeness (QED) is 0.157. The molecule has 48 heavy (non-hydrogen) atoms. The van der Waals surface area contributed by atoms with Crippen molar-refractivity contribution in [1.82, 2.24) is 24.8 Å². The van der Waals surface area contributed by atoms with Crippen molar-refractivity contribution in [2.75, 3.05) is 82.3 Å². The summed E-state index contributed by atoms with van der Waals surface area (Å²) in [5, 5.41) is 8.27. The minimum absolute atomic E-state index is 0.411. The number of ether oxygens (including phenoxy) is 1. The molecule has 0 bridgehead atoms. The van der Waals surface area contributed by atoms with Crippen LogP contribution in [-0.4, -0.2) is 97.5 Å². The van der Waals surface area contributed by atoms with Gasteiger partial charge < -0.3 is 29.7 Å². The van der Waals surface area contributed by atoms with E-state index in [1.807, 2.05) is 18.2 Å². The summed E-state index contributed by atoms with van der Waals surface area (Å²) in [5.41, 5.74) is 4.85. The lowest BCUT2D eigenvalue weighted by Crippen LogP contribution is -2.52. The van der Waals surface area contributed by atoms with Crippen LogP contribution >= 0.6 is 46.0 Å². The van der Waals surface area contributed by atoms with Gasteiger partial charge in [-0.1, -0.05) is 18.5 Å². The number of halogens is 2. The van der Waals surface area contributed by atoms with Gasteiger partial charge in [0.05, 0.1) is 29.2 Å². The fourth-order valence-electron chi connectivity index (χ4n) is 6.48. The Morgan fingerprint density at radius 2 is 1.77 bits per heavy atom. The second kappa shape index (κ2) is 15.0. The van der Waals surface area contributed by atoms with Crippen LogP contribution in [-0.2, 0) is 11.0 Å². The number of hydrogen-bond donors (Lipinski definition) is 2. The normalized spacial score (nSPS) is 16.7. The number of anilines is 5. The van der Waals surface area contributed by atoms with Gasteiger partial charge in [0, 0.05) is 74.1 Å². The van der Waals surface area contributed by atoms with Crippen molar-refractivity contribution < 1.29 is 9.30 Å². The highest BCUT2D eigenvalue weighted by Crippen LogP contribution is 2.42. The smallest absolute Gasteiger partial charge is 0.229 e. The summed E-state index contributed by atoms with van der Waals surface area (Å²) in [6, 6.07) is 10.7. The number of likely N-dealkylation sites (N-methyl/N-ethyl adjacent to an activating group) is 1. The molecule has 0 radical (unpaired) electrons. The van der Waals surface area contributed by atoms with E-state index < -0.39 is 7.14 Å². The number of aryl methyl sites for hydroxylation is 1. The van der Waals surface area contributed by atoms with Gasteiger partial charge in [-0.3, -0.25) is 4.90 Å². The average Bonchev–Trinajstić information content (AvgIpc) is 3.52. The molecular formula is C34H43BrClN8O2PS. The molecule has 2 aliphatic heterocycles. The molecule has 0 unspecified atom stereocenters. The highest BCUT2D eigenvalue weighted by molar-refractivity contribution is 9.10. The molecule has 256 valence electrons. The van der Waals surface area contributed by atoms with Crippen molar-refractivity contribution in [2.45, 2.75) is 32.2 Å². The summed E-state index contributed by atoms with van der Waals surface area (Å²) >= 11 is 11.1. The van der Waals surface area contributed by atoms with Gasteiger partial charge in [0.2, 0.25) is 5.95 Å². The first-order valence-electron chi connectivity index (χ1n) is 16.3. The molecule has 2 saturated heterocycles. The van der Waals surface area contributed by atoms with Crippen molar-refractivity contribution in [3.63, 3.8) is 0 Å². The Balaban J connectivity index is 1.21. The lowest BCUT2D eigenvalue weighted by molar-refractivity contribution is 0.0982. The summed E-state index contributed by atoms with van der Waals surface area (Å²) in [4.78, 5) is 21.4. The number of benzene rings is 2. The second-order valence-electron chi connectivity index (χ2n) is 12.8. The van der Waals surface area contributed by atoms with E-state index in [9.17, 15) is 4.57 Å². The SMILES string of the molecule is CCc1cc(Nc2ncc(Br)c(Nc3ccc(-c4ncc(Cl)s4)cc3P(C)(C)=O)n2)c(OC)cc1N1CCC(N2CCN(C)CC2)CC1. The number of piperazine rings is 1. The number of piperidine rings is 1. The molecule has 0 spiro atoms. The third-order valence-corrected chi connectivity index (χ3v) is 12.5. The minimum Gasteiger partial charge on any atom is -0.494 e. The van der Waals surface area contributed by atoms with Gasteiger partial charge >= 0.3 is 0 Å². The van der Waals surface area contributed by atoms with Gasteiger partial charge in [0.1, 0.15) is 28.1 Å². The van der Waals surface area contributed by atoms with Crippen LogP contribution in [0, 0.1) is 0 Å². The van der Waals surface area contributed by atoms with Gasteiger partial charge in [-0.25, -0.2) is 9.97 Å². The Labute approximate surface area is 300 Å². The zero-order valence-corrected chi connectivity index (χ0v) is 32.1. The zero-order chi connectivity index (χ0) is 34.0. The molecule has 0 saturated carbocycles. The van der Waals surface area contributed by atoms with E-state index in [1.54, 1.807) is 32.8 Å². The largest absolute Gasteiger partial charge is 0.494 e. The van der Waals surface area contributed by atoms with Crippen molar-refractivity contribution in [3.8, 4) is 16.3 Å². The molecule has 4 aromatic rings. The Morgan fingerprint density at radius 1 is 1.02 bits per heavy atom. The second-order valence-corrected chi connectivity index (χ2v) is 18.5.